The van der Waals surface area contributed by atoms with Gasteiger partial charge in [-0.2, -0.15) is 0 Å². The Kier molecular flexibility index (Phi) is 6.78. The molecule has 2 aromatic heterocycles. The highest BCUT2D eigenvalue weighted by molar-refractivity contribution is 6.99. The molecule has 0 unspecified atom stereocenters. The molecule has 10 aromatic rings. The minimum absolute atomic E-state index is 0.169. The Morgan fingerprint density at radius 3 is 1.45 bits per heavy atom. The maximum absolute atomic E-state index is 5.09. The highest BCUT2D eigenvalue weighted by atomic mass is 15.4. The number of hydrogen-bond donors (Lipinski definition) is 0. The van der Waals surface area contributed by atoms with E-state index >= 15 is 0 Å². The number of benzene rings is 8. The number of aromatic nitrogens is 4. The molecule has 4 nitrogen and oxygen atoms in total. The first kappa shape index (κ1) is 31.2. The molecule has 12 rings (SSSR count). The van der Waals surface area contributed by atoms with Crippen molar-refractivity contribution in [2.45, 2.75) is 0 Å². The van der Waals surface area contributed by atoms with Crippen molar-refractivity contribution in [2.24, 2.45) is 0 Å². The number of para-hydroxylation sites is 2. The summed E-state index contributed by atoms with van der Waals surface area (Å²) in [5, 5.41) is 12.5. The molecule has 0 atom stereocenters. The van der Waals surface area contributed by atoms with Gasteiger partial charge in [0.2, 0.25) is 19.4 Å². The van der Waals surface area contributed by atoms with Crippen LogP contribution in [-0.2, 0) is 0 Å². The Labute approximate surface area is 325 Å². The molecule has 56 heavy (non-hydrogen) atoms. The summed E-state index contributed by atoms with van der Waals surface area (Å²) in [5.74, 6) is 1.56. The highest BCUT2D eigenvalue weighted by Gasteiger charge is 2.35. The quantitative estimate of drug-likeness (QED) is 0.180. The third kappa shape index (κ3) is 4.50. The van der Waals surface area contributed by atoms with Crippen molar-refractivity contribution in [3.63, 3.8) is 0 Å². The molecule has 0 N–H and O–H groups in total. The lowest BCUT2D eigenvalue weighted by Crippen LogP contribution is -2.48. The molecule has 0 saturated heterocycles. The van der Waals surface area contributed by atoms with Gasteiger partial charge in [-0.05, 0) is 52.6 Å². The summed E-state index contributed by atoms with van der Waals surface area (Å²) < 4.78 is 4.55. The molecule has 4 heterocycles. The van der Waals surface area contributed by atoms with Crippen molar-refractivity contribution in [2.75, 3.05) is 0 Å². The van der Waals surface area contributed by atoms with Crippen molar-refractivity contribution in [1.82, 2.24) is 19.3 Å². The molecule has 2 aliphatic heterocycles. The Hall–Kier alpha value is -7.17. The standard InChI is InChI=1S/C50H32B2N4/c1-3-15-34(16-4-1)51-43-23-11-7-19-37(43)41-31-33(27-29-45(41)51)49-53-54-50(56-47-25-13-9-21-39(47)40-22-10-14-26-48(40)56)55(49)36-28-30-46-42(32-36)38-20-8-12-24-44(38)52(46)35-17-5-2-6-18-35/h1-32H. The number of hydrogen-bond acceptors (Lipinski definition) is 2. The normalized spacial score (nSPS) is 12.6. The summed E-state index contributed by atoms with van der Waals surface area (Å²) in [6.45, 7) is 0.347. The summed E-state index contributed by atoms with van der Waals surface area (Å²) >= 11 is 0. The largest absolute Gasteiger partial charge is 0.278 e. The molecule has 2 aliphatic rings. The average molecular weight is 710 g/mol. The van der Waals surface area contributed by atoms with Crippen LogP contribution in [0.5, 0.6) is 0 Å². The maximum atomic E-state index is 5.09. The van der Waals surface area contributed by atoms with Gasteiger partial charge in [0.25, 0.3) is 0 Å². The monoisotopic (exact) mass is 710 g/mol. The van der Waals surface area contributed by atoms with E-state index < -0.39 is 0 Å². The van der Waals surface area contributed by atoms with E-state index in [-0.39, 0.29) is 13.4 Å². The van der Waals surface area contributed by atoms with Crippen molar-refractivity contribution in [3.8, 4) is 45.3 Å². The molecule has 0 spiro atoms. The predicted octanol–water partition coefficient (Wildman–Crippen LogP) is 7.02. The topological polar surface area (TPSA) is 35.6 Å². The lowest BCUT2D eigenvalue weighted by molar-refractivity contribution is 0.933. The van der Waals surface area contributed by atoms with Crippen LogP contribution in [0.2, 0.25) is 0 Å². The van der Waals surface area contributed by atoms with Crippen LogP contribution in [0.1, 0.15) is 0 Å². The number of rotatable bonds is 5. The van der Waals surface area contributed by atoms with Crippen LogP contribution < -0.4 is 32.8 Å². The zero-order valence-corrected chi connectivity index (χ0v) is 30.4. The van der Waals surface area contributed by atoms with E-state index in [9.17, 15) is 0 Å². The van der Waals surface area contributed by atoms with E-state index in [1.54, 1.807) is 0 Å². The zero-order valence-electron chi connectivity index (χ0n) is 30.4. The SMILES string of the molecule is c1ccc(B2c3ccccc3-c3cc(-c4nnc(-n5c6ccccc6c6ccccc65)n4-c4ccc5c(c4)-c4ccccc4B5c4ccccc4)ccc32)cc1. The Morgan fingerprint density at radius 2 is 0.839 bits per heavy atom. The van der Waals surface area contributed by atoms with Gasteiger partial charge in [-0.1, -0.05) is 197 Å². The van der Waals surface area contributed by atoms with E-state index in [0.29, 0.717) is 0 Å². The van der Waals surface area contributed by atoms with E-state index in [4.69, 9.17) is 10.2 Å². The maximum Gasteiger partial charge on any atom is 0.242 e. The minimum Gasteiger partial charge on any atom is -0.278 e. The first-order valence-corrected chi connectivity index (χ1v) is 19.3. The number of nitrogens with zero attached hydrogens (tertiary/aromatic N) is 4. The van der Waals surface area contributed by atoms with Crippen LogP contribution in [0.25, 0.3) is 67.1 Å². The molecule has 0 saturated carbocycles. The molecule has 0 bridgehead atoms. The van der Waals surface area contributed by atoms with E-state index in [1.165, 1.54) is 65.8 Å². The van der Waals surface area contributed by atoms with Crippen molar-refractivity contribution in [1.29, 1.82) is 0 Å². The molecular weight excluding hydrogens is 678 g/mol. The van der Waals surface area contributed by atoms with E-state index in [2.05, 4.69) is 203 Å². The van der Waals surface area contributed by atoms with Gasteiger partial charge >= 0.3 is 0 Å². The summed E-state index contributed by atoms with van der Waals surface area (Å²) in [4.78, 5) is 0. The van der Waals surface area contributed by atoms with Crippen LogP contribution in [-0.4, -0.2) is 32.8 Å². The van der Waals surface area contributed by atoms with Gasteiger partial charge in [0.1, 0.15) is 0 Å². The lowest BCUT2D eigenvalue weighted by atomic mass is 9.39. The molecule has 8 aromatic carbocycles. The molecule has 0 radical (unpaired) electrons. The van der Waals surface area contributed by atoms with Crippen LogP contribution in [0.4, 0.5) is 0 Å². The van der Waals surface area contributed by atoms with Crippen LogP contribution in [0.3, 0.4) is 0 Å². The smallest absolute Gasteiger partial charge is 0.242 e. The first-order chi connectivity index (χ1) is 27.8. The highest BCUT2D eigenvalue weighted by Crippen LogP contribution is 2.36. The molecule has 0 aliphatic carbocycles. The van der Waals surface area contributed by atoms with Crippen molar-refractivity contribution in [3.05, 3.63) is 194 Å². The van der Waals surface area contributed by atoms with Crippen LogP contribution in [0, 0.1) is 0 Å². The third-order valence-corrected chi connectivity index (χ3v) is 12.0. The van der Waals surface area contributed by atoms with E-state index in [0.717, 1.165) is 34.1 Å². The summed E-state index contributed by atoms with van der Waals surface area (Å²) in [6.07, 6.45) is 0. The molecular formula is C50H32B2N4. The van der Waals surface area contributed by atoms with Gasteiger partial charge < -0.3 is 0 Å². The first-order valence-electron chi connectivity index (χ1n) is 19.3. The second-order valence-corrected chi connectivity index (χ2v) is 15.0. The number of fused-ring (bicyclic) bond motifs is 9. The van der Waals surface area contributed by atoms with Gasteiger partial charge in [0, 0.05) is 16.3 Å². The van der Waals surface area contributed by atoms with Crippen LogP contribution in [0.15, 0.2) is 194 Å². The van der Waals surface area contributed by atoms with Crippen LogP contribution >= 0.6 is 0 Å². The third-order valence-electron chi connectivity index (χ3n) is 12.0. The van der Waals surface area contributed by atoms with Gasteiger partial charge in [0.05, 0.1) is 16.7 Å². The lowest BCUT2D eigenvalue weighted by Gasteiger charge is -2.16. The predicted molar refractivity (Wildman–Crippen MR) is 234 cm³/mol. The average Bonchev–Trinajstić information content (AvgIpc) is 4.02. The Balaban J connectivity index is 1.11. The van der Waals surface area contributed by atoms with Crippen molar-refractivity contribution >= 4 is 68.0 Å². The Morgan fingerprint density at radius 1 is 0.357 bits per heavy atom. The van der Waals surface area contributed by atoms with Crippen molar-refractivity contribution < 1.29 is 0 Å². The summed E-state index contributed by atoms with van der Waals surface area (Å²) in [6, 6.07) is 70.5. The van der Waals surface area contributed by atoms with Gasteiger partial charge in [-0.15, -0.1) is 10.2 Å². The molecule has 0 amide bonds. The fourth-order valence-corrected chi connectivity index (χ4v) is 9.66. The molecule has 258 valence electrons. The molecule has 6 heteroatoms. The van der Waals surface area contributed by atoms with Gasteiger partial charge in [0.15, 0.2) is 5.82 Å². The Bertz CT molecular complexity index is 3110. The van der Waals surface area contributed by atoms with E-state index in [1.807, 2.05) is 0 Å². The summed E-state index contributed by atoms with van der Waals surface area (Å²) in [5.41, 5.74) is 17.2. The second kappa shape index (κ2) is 12.2. The van der Waals surface area contributed by atoms with Gasteiger partial charge in [-0.3, -0.25) is 9.13 Å². The summed E-state index contributed by atoms with van der Waals surface area (Å²) in [7, 11) is 0. The fraction of sp³-hybridized carbons (Fsp3) is 0. The zero-order chi connectivity index (χ0) is 36.7. The molecule has 0 fully saturated rings. The fourth-order valence-electron chi connectivity index (χ4n) is 9.66. The minimum atomic E-state index is 0.169. The second-order valence-electron chi connectivity index (χ2n) is 15.0. The van der Waals surface area contributed by atoms with Gasteiger partial charge in [-0.25, -0.2) is 0 Å².